The summed E-state index contributed by atoms with van der Waals surface area (Å²) < 4.78 is 5.57. The number of hydrogen-bond donors (Lipinski definition) is 1. The van der Waals surface area contributed by atoms with Crippen molar-refractivity contribution in [3.63, 3.8) is 0 Å². The number of esters is 1. The third kappa shape index (κ3) is 2.62. The Kier molecular flexibility index (Phi) is 3.71. The predicted molar refractivity (Wildman–Crippen MR) is 70.9 cm³/mol. The van der Waals surface area contributed by atoms with Crippen molar-refractivity contribution < 1.29 is 9.53 Å². The van der Waals surface area contributed by atoms with E-state index < -0.39 is 0 Å². The van der Waals surface area contributed by atoms with E-state index in [2.05, 4.69) is 4.98 Å². The van der Waals surface area contributed by atoms with Gasteiger partial charge in [0.25, 0.3) is 0 Å². The van der Waals surface area contributed by atoms with Crippen LogP contribution in [-0.2, 0) is 4.74 Å². The van der Waals surface area contributed by atoms with Crippen LogP contribution in [0.15, 0.2) is 30.3 Å². The molecule has 88 valence electrons. The Balaban J connectivity index is 2.48. The van der Waals surface area contributed by atoms with Crippen molar-refractivity contribution in [2.45, 2.75) is 6.92 Å². The van der Waals surface area contributed by atoms with Crippen LogP contribution in [-0.4, -0.2) is 17.6 Å². The van der Waals surface area contributed by atoms with Gasteiger partial charge in [0, 0.05) is 0 Å². The zero-order valence-corrected chi connectivity index (χ0v) is 10.9. The van der Waals surface area contributed by atoms with Gasteiger partial charge in [-0.05, 0) is 24.7 Å². The number of H-pyrrole nitrogens is 1. The summed E-state index contributed by atoms with van der Waals surface area (Å²) in [5.74, 6) is -0.362. The van der Waals surface area contributed by atoms with Crippen LogP contribution in [0.1, 0.15) is 17.4 Å². The van der Waals surface area contributed by atoms with Crippen LogP contribution < -0.4 is 0 Å². The van der Waals surface area contributed by atoms with E-state index in [9.17, 15) is 4.79 Å². The summed E-state index contributed by atoms with van der Waals surface area (Å²) in [4.78, 5) is 15.5. The summed E-state index contributed by atoms with van der Waals surface area (Å²) in [5.41, 5.74) is 1.40. The lowest BCUT2D eigenvalue weighted by Crippen LogP contribution is -2.06. The Morgan fingerprint density at radius 1 is 1.41 bits per heavy atom. The molecule has 17 heavy (non-hydrogen) atoms. The van der Waals surface area contributed by atoms with Gasteiger partial charge in [-0.25, -0.2) is 4.79 Å². The molecule has 0 saturated carbocycles. The third-order valence-electron chi connectivity index (χ3n) is 2.16. The molecule has 0 aliphatic rings. The molecule has 0 atom stereocenters. The lowest BCUT2D eigenvalue weighted by Gasteiger charge is -2.02. The summed E-state index contributed by atoms with van der Waals surface area (Å²) in [5, 5.41) is 0. The minimum absolute atomic E-state index is 0.351. The first kappa shape index (κ1) is 12.0. The van der Waals surface area contributed by atoms with Crippen LogP contribution in [0.2, 0.25) is 0 Å². The summed E-state index contributed by atoms with van der Waals surface area (Å²) in [6, 6.07) is 9.66. The van der Waals surface area contributed by atoms with E-state index in [1.54, 1.807) is 6.92 Å². The molecule has 3 nitrogen and oxygen atoms in total. The van der Waals surface area contributed by atoms with Gasteiger partial charge in [0.15, 0.2) is 3.95 Å². The molecule has 0 radical (unpaired) electrons. The Bertz CT molecular complexity index is 572. The van der Waals surface area contributed by atoms with Gasteiger partial charge in [-0.2, -0.15) is 0 Å². The van der Waals surface area contributed by atoms with E-state index in [1.165, 1.54) is 11.3 Å². The average Bonchev–Trinajstić information content (AvgIpc) is 2.73. The minimum atomic E-state index is -0.362. The van der Waals surface area contributed by atoms with Crippen LogP contribution in [0.5, 0.6) is 0 Å². The summed E-state index contributed by atoms with van der Waals surface area (Å²) in [6.07, 6.45) is 0. The number of aromatic amines is 1. The van der Waals surface area contributed by atoms with E-state index in [0.717, 1.165) is 10.4 Å². The second kappa shape index (κ2) is 5.25. The van der Waals surface area contributed by atoms with Gasteiger partial charge in [-0.1, -0.05) is 30.3 Å². The molecule has 0 aliphatic carbocycles. The molecule has 0 aliphatic heterocycles. The molecule has 0 spiro atoms. The Morgan fingerprint density at radius 3 is 2.76 bits per heavy atom. The maximum atomic E-state index is 11.8. The zero-order valence-electron chi connectivity index (χ0n) is 9.23. The van der Waals surface area contributed by atoms with Crippen molar-refractivity contribution in [2.24, 2.45) is 0 Å². The maximum Gasteiger partial charge on any atom is 0.356 e. The van der Waals surface area contributed by atoms with E-state index in [4.69, 9.17) is 17.0 Å². The van der Waals surface area contributed by atoms with E-state index >= 15 is 0 Å². The minimum Gasteiger partial charge on any atom is -0.461 e. The molecule has 0 fully saturated rings. The second-order valence-electron chi connectivity index (χ2n) is 3.31. The van der Waals surface area contributed by atoms with Crippen LogP contribution >= 0.6 is 23.6 Å². The number of ether oxygens (including phenoxy) is 1. The molecule has 0 bridgehead atoms. The summed E-state index contributed by atoms with van der Waals surface area (Å²) in [7, 11) is 0. The van der Waals surface area contributed by atoms with Crippen LogP contribution in [0.3, 0.4) is 0 Å². The number of carbonyl (C=O) groups is 1. The van der Waals surface area contributed by atoms with Gasteiger partial charge in [0.05, 0.1) is 11.5 Å². The van der Waals surface area contributed by atoms with Crippen LogP contribution in [0, 0.1) is 3.95 Å². The molecule has 2 aromatic rings. The first-order valence-corrected chi connectivity index (χ1v) is 6.40. The number of nitrogens with one attached hydrogen (secondary N) is 1. The van der Waals surface area contributed by atoms with E-state index in [0.29, 0.717) is 16.3 Å². The molecule has 0 unspecified atom stereocenters. The smallest absolute Gasteiger partial charge is 0.356 e. The molecule has 0 amide bonds. The fraction of sp³-hybridized carbons (Fsp3) is 0.167. The highest BCUT2D eigenvalue weighted by atomic mass is 32.1. The molecule has 1 N–H and O–H groups in total. The lowest BCUT2D eigenvalue weighted by atomic mass is 10.1. The van der Waals surface area contributed by atoms with Crippen LogP contribution in [0.25, 0.3) is 10.4 Å². The molecule has 1 heterocycles. The monoisotopic (exact) mass is 265 g/mol. The third-order valence-corrected chi connectivity index (χ3v) is 3.45. The molecule has 5 heteroatoms. The van der Waals surface area contributed by atoms with Crippen molar-refractivity contribution in [1.29, 1.82) is 0 Å². The first-order valence-electron chi connectivity index (χ1n) is 5.18. The number of aromatic nitrogens is 1. The molecule has 2 rings (SSSR count). The van der Waals surface area contributed by atoms with Crippen molar-refractivity contribution in [1.82, 2.24) is 4.98 Å². The van der Waals surface area contributed by atoms with Crippen molar-refractivity contribution >= 4 is 29.5 Å². The molecule has 1 aromatic heterocycles. The second-order valence-corrected chi connectivity index (χ2v) is 4.99. The zero-order chi connectivity index (χ0) is 12.3. The van der Waals surface area contributed by atoms with Gasteiger partial charge in [0.2, 0.25) is 0 Å². The van der Waals surface area contributed by atoms with Crippen molar-refractivity contribution in [3.05, 3.63) is 40.0 Å². The maximum absolute atomic E-state index is 11.8. The molecule has 0 saturated heterocycles. The predicted octanol–water partition coefficient (Wildman–Crippen LogP) is 3.65. The van der Waals surface area contributed by atoms with Gasteiger partial charge in [-0.3, -0.25) is 0 Å². The average molecular weight is 265 g/mol. The van der Waals surface area contributed by atoms with Crippen molar-refractivity contribution in [3.8, 4) is 10.4 Å². The number of carbonyl (C=O) groups excluding carboxylic acids is 1. The number of rotatable bonds is 3. The fourth-order valence-corrected chi connectivity index (χ4v) is 2.65. The highest BCUT2D eigenvalue weighted by Crippen LogP contribution is 2.28. The number of hydrogen-bond acceptors (Lipinski definition) is 4. The van der Waals surface area contributed by atoms with Crippen molar-refractivity contribution in [2.75, 3.05) is 6.61 Å². The number of benzene rings is 1. The highest BCUT2D eigenvalue weighted by Gasteiger charge is 2.16. The molecule has 1 aromatic carbocycles. The Morgan fingerprint density at radius 2 is 2.12 bits per heavy atom. The SMILES string of the molecule is CCOC(=O)c1[nH]c(=S)sc1-c1ccccc1. The first-order chi connectivity index (χ1) is 8.22. The standard InChI is InChI=1S/C12H11NO2S2/c1-2-15-11(14)9-10(17-12(16)13-9)8-6-4-3-5-7-8/h3-7H,2H2,1H3,(H,13,16). The van der Waals surface area contributed by atoms with E-state index in [-0.39, 0.29) is 5.97 Å². The molecular formula is C12H11NO2S2. The van der Waals surface area contributed by atoms with Gasteiger partial charge < -0.3 is 9.72 Å². The van der Waals surface area contributed by atoms with Gasteiger partial charge in [-0.15, -0.1) is 11.3 Å². The summed E-state index contributed by atoms with van der Waals surface area (Å²) in [6.45, 7) is 2.13. The summed E-state index contributed by atoms with van der Waals surface area (Å²) >= 11 is 6.46. The Hall–Kier alpha value is -1.46. The highest BCUT2D eigenvalue weighted by molar-refractivity contribution is 7.73. The quantitative estimate of drug-likeness (QED) is 0.680. The largest absolute Gasteiger partial charge is 0.461 e. The number of thiazole rings is 1. The Labute approximate surface area is 108 Å². The topological polar surface area (TPSA) is 42.1 Å². The molecular weight excluding hydrogens is 254 g/mol. The van der Waals surface area contributed by atoms with Gasteiger partial charge in [0.1, 0.15) is 5.69 Å². The van der Waals surface area contributed by atoms with Crippen LogP contribution in [0.4, 0.5) is 0 Å². The van der Waals surface area contributed by atoms with Gasteiger partial charge >= 0.3 is 5.97 Å². The normalized spacial score (nSPS) is 10.2. The lowest BCUT2D eigenvalue weighted by molar-refractivity contribution is 0.0521. The van der Waals surface area contributed by atoms with E-state index in [1.807, 2.05) is 30.3 Å². The fourth-order valence-electron chi connectivity index (χ4n) is 1.47.